The third-order valence-corrected chi connectivity index (χ3v) is 2.93. The third kappa shape index (κ3) is 2.61. The fourth-order valence-corrected chi connectivity index (χ4v) is 1.74. The molecule has 0 bridgehead atoms. The number of likely N-dealkylation sites (N-methyl/N-ethyl adjacent to an activating group) is 1. The Morgan fingerprint density at radius 1 is 1.69 bits per heavy atom. The number of carbonyl (C=O) groups is 1. The van der Waals surface area contributed by atoms with Gasteiger partial charge in [0.2, 0.25) is 0 Å². The summed E-state index contributed by atoms with van der Waals surface area (Å²) in [4.78, 5) is 15.7. The van der Waals surface area contributed by atoms with Gasteiger partial charge in [0, 0.05) is 18.4 Å². The standard InChI is InChI=1S/C11H19N3O2/c1-9(14-6-5-13-8-14)7-11(2,12-3)10(15)16-4/h5-6,8-9,12H,7H2,1-4H3. The van der Waals surface area contributed by atoms with E-state index in [1.54, 1.807) is 19.6 Å². The summed E-state index contributed by atoms with van der Waals surface area (Å²) in [5, 5.41) is 3.01. The van der Waals surface area contributed by atoms with Gasteiger partial charge in [0.25, 0.3) is 0 Å². The summed E-state index contributed by atoms with van der Waals surface area (Å²) in [6, 6.07) is 0.180. The molecule has 0 saturated heterocycles. The van der Waals surface area contributed by atoms with Crippen LogP contribution in [-0.4, -0.2) is 35.2 Å². The quantitative estimate of drug-likeness (QED) is 0.759. The van der Waals surface area contributed by atoms with Crippen LogP contribution in [0.3, 0.4) is 0 Å². The highest BCUT2D eigenvalue weighted by Crippen LogP contribution is 2.21. The normalized spacial score (nSPS) is 16.5. The van der Waals surface area contributed by atoms with Crippen LogP contribution in [0.5, 0.6) is 0 Å². The number of nitrogens with zero attached hydrogens (tertiary/aromatic N) is 2. The Balaban J connectivity index is 2.73. The second-order valence-corrected chi connectivity index (χ2v) is 4.14. The van der Waals surface area contributed by atoms with Gasteiger partial charge in [-0.15, -0.1) is 0 Å². The van der Waals surface area contributed by atoms with E-state index in [1.165, 1.54) is 7.11 Å². The average molecular weight is 225 g/mol. The summed E-state index contributed by atoms with van der Waals surface area (Å²) < 4.78 is 6.77. The van der Waals surface area contributed by atoms with Crippen molar-refractivity contribution in [2.45, 2.75) is 31.8 Å². The van der Waals surface area contributed by atoms with Crippen molar-refractivity contribution in [3.05, 3.63) is 18.7 Å². The van der Waals surface area contributed by atoms with E-state index in [4.69, 9.17) is 4.74 Å². The summed E-state index contributed by atoms with van der Waals surface area (Å²) in [7, 11) is 3.16. The van der Waals surface area contributed by atoms with Gasteiger partial charge in [-0.3, -0.25) is 4.79 Å². The first-order valence-electron chi connectivity index (χ1n) is 5.28. The molecule has 0 spiro atoms. The van der Waals surface area contributed by atoms with Gasteiger partial charge in [-0.2, -0.15) is 0 Å². The van der Waals surface area contributed by atoms with Crippen LogP contribution in [0, 0.1) is 0 Å². The maximum absolute atomic E-state index is 11.7. The van der Waals surface area contributed by atoms with Crippen molar-refractivity contribution in [1.29, 1.82) is 0 Å². The fraction of sp³-hybridized carbons (Fsp3) is 0.636. The zero-order chi connectivity index (χ0) is 12.2. The lowest BCUT2D eigenvalue weighted by molar-refractivity contribution is -0.148. The highest BCUT2D eigenvalue weighted by atomic mass is 16.5. The van der Waals surface area contributed by atoms with Crippen LogP contribution in [0.2, 0.25) is 0 Å². The number of aromatic nitrogens is 2. The molecule has 2 unspecified atom stereocenters. The number of hydrogen-bond acceptors (Lipinski definition) is 4. The van der Waals surface area contributed by atoms with Gasteiger partial charge in [-0.1, -0.05) is 0 Å². The van der Waals surface area contributed by atoms with E-state index in [9.17, 15) is 4.79 Å². The first kappa shape index (κ1) is 12.7. The molecule has 0 radical (unpaired) electrons. The van der Waals surface area contributed by atoms with Crippen molar-refractivity contribution in [3.63, 3.8) is 0 Å². The molecule has 0 aliphatic carbocycles. The van der Waals surface area contributed by atoms with Gasteiger partial charge in [-0.25, -0.2) is 4.98 Å². The third-order valence-electron chi connectivity index (χ3n) is 2.93. The molecule has 0 saturated carbocycles. The Kier molecular flexibility index (Phi) is 4.06. The van der Waals surface area contributed by atoms with Gasteiger partial charge >= 0.3 is 5.97 Å². The van der Waals surface area contributed by atoms with E-state index in [2.05, 4.69) is 10.3 Å². The van der Waals surface area contributed by atoms with Crippen molar-refractivity contribution in [1.82, 2.24) is 14.9 Å². The Hall–Kier alpha value is -1.36. The second-order valence-electron chi connectivity index (χ2n) is 4.14. The van der Waals surface area contributed by atoms with Crippen LogP contribution in [0.25, 0.3) is 0 Å². The van der Waals surface area contributed by atoms with E-state index < -0.39 is 5.54 Å². The molecule has 1 heterocycles. The minimum absolute atomic E-state index is 0.180. The number of carbonyl (C=O) groups excluding carboxylic acids is 1. The van der Waals surface area contributed by atoms with Crippen molar-refractivity contribution in [2.24, 2.45) is 0 Å². The number of ether oxygens (including phenoxy) is 1. The lowest BCUT2D eigenvalue weighted by Gasteiger charge is -2.29. The molecule has 1 rings (SSSR count). The van der Waals surface area contributed by atoms with Crippen LogP contribution in [0.4, 0.5) is 0 Å². The summed E-state index contributed by atoms with van der Waals surface area (Å²) >= 11 is 0. The minimum atomic E-state index is -0.668. The van der Waals surface area contributed by atoms with Crippen LogP contribution in [-0.2, 0) is 9.53 Å². The van der Waals surface area contributed by atoms with E-state index in [0.717, 1.165) is 0 Å². The van der Waals surface area contributed by atoms with Gasteiger partial charge in [-0.05, 0) is 27.3 Å². The average Bonchev–Trinajstić information content (AvgIpc) is 2.81. The molecule has 90 valence electrons. The van der Waals surface area contributed by atoms with Crippen LogP contribution in [0.1, 0.15) is 26.3 Å². The Morgan fingerprint density at radius 3 is 2.81 bits per heavy atom. The number of esters is 1. The molecule has 1 N–H and O–H groups in total. The summed E-state index contributed by atoms with van der Waals surface area (Å²) in [5.41, 5.74) is -0.668. The maximum Gasteiger partial charge on any atom is 0.325 e. The van der Waals surface area contributed by atoms with E-state index in [0.29, 0.717) is 6.42 Å². The zero-order valence-corrected chi connectivity index (χ0v) is 10.2. The molecule has 5 nitrogen and oxygen atoms in total. The zero-order valence-electron chi connectivity index (χ0n) is 10.2. The Bertz CT molecular complexity index is 337. The number of imidazole rings is 1. The molecular formula is C11H19N3O2. The number of hydrogen-bond donors (Lipinski definition) is 1. The molecule has 1 aromatic rings. The first-order chi connectivity index (χ1) is 7.53. The predicted molar refractivity (Wildman–Crippen MR) is 61.0 cm³/mol. The van der Waals surface area contributed by atoms with Crippen molar-refractivity contribution in [2.75, 3.05) is 14.2 Å². The van der Waals surface area contributed by atoms with E-state index in [-0.39, 0.29) is 12.0 Å². The Morgan fingerprint density at radius 2 is 2.38 bits per heavy atom. The lowest BCUT2D eigenvalue weighted by atomic mass is 9.94. The SMILES string of the molecule is CNC(C)(CC(C)n1ccnc1)C(=O)OC. The van der Waals surface area contributed by atoms with Gasteiger partial charge in [0.1, 0.15) is 5.54 Å². The number of nitrogens with one attached hydrogen (secondary N) is 1. The van der Waals surface area contributed by atoms with Crippen molar-refractivity contribution >= 4 is 5.97 Å². The highest BCUT2D eigenvalue weighted by Gasteiger charge is 2.34. The van der Waals surface area contributed by atoms with Crippen LogP contribution < -0.4 is 5.32 Å². The van der Waals surface area contributed by atoms with Gasteiger partial charge in [0.15, 0.2) is 0 Å². The van der Waals surface area contributed by atoms with Gasteiger partial charge < -0.3 is 14.6 Å². The number of rotatable bonds is 5. The van der Waals surface area contributed by atoms with Gasteiger partial charge in [0.05, 0.1) is 13.4 Å². The predicted octanol–water partition coefficient (Wildman–Crippen LogP) is 0.985. The smallest absolute Gasteiger partial charge is 0.325 e. The molecule has 0 aliphatic heterocycles. The number of methoxy groups -OCH3 is 1. The van der Waals surface area contributed by atoms with E-state index >= 15 is 0 Å². The molecule has 0 fully saturated rings. The first-order valence-corrected chi connectivity index (χ1v) is 5.28. The minimum Gasteiger partial charge on any atom is -0.468 e. The van der Waals surface area contributed by atoms with Crippen LogP contribution in [0.15, 0.2) is 18.7 Å². The van der Waals surface area contributed by atoms with E-state index in [1.807, 2.05) is 24.6 Å². The molecule has 0 aliphatic rings. The molecule has 5 heteroatoms. The fourth-order valence-electron chi connectivity index (χ4n) is 1.74. The Labute approximate surface area is 95.8 Å². The molecule has 16 heavy (non-hydrogen) atoms. The molecule has 1 aromatic heterocycles. The molecule has 2 atom stereocenters. The maximum atomic E-state index is 11.7. The summed E-state index contributed by atoms with van der Waals surface area (Å²) in [6.45, 7) is 3.88. The topological polar surface area (TPSA) is 56.2 Å². The van der Waals surface area contributed by atoms with Crippen molar-refractivity contribution < 1.29 is 9.53 Å². The lowest BCUT2D eigenvalue weighted by Crippen LogP contribution is -2.49. The van der Waals surface area contributed by atoms with Crippen molar-refractivity contribution in [3.8, 4) is 0 Å². The highest BCUT2D eigenvalue weighted by molar-refractivity contribution is 5.80. The summed E-state index contributed by atoms with van der Waals surface area (Å²) in [6.07, 6.45) is 6.01. The monoisotopic (exact) mass is 225 g/mol. The molecular weight excluding hydrogens is 206 g/mol. The molecule has 0 aromatic carbocycles. The summed E-state index contributed by atoms with van der Waals surface area (Å²) in [5.74, 6) is -0.248. The molecule has 0 amide bonds. The largest absolute Gasteiger partial charge is 0.468 e. The van der Waals surface area contributed by atoms with Crippen LogP contribution >= 0.6 is 0 Å². The second kappa shape index (κ2) is 5.12.